The summed E-state index contributed by atoms with van der Waals surface area (Å²) in [6, 6.07) is 15.6. The molecule has 3 rings (SSSR count). The van der Waals surface area contributed by atoms with Gasteiger partial charge in [-0.2, -0.15) is 5.10 Å². The van der Waals surface area contributed by atoms with Gasteiger partial charge in [0.1, 0.15) is 5.82 Å². The average molecular weight is 248 g/mol. The number of benzene rings is 1. The Morgan fingerprint density at radius 1 is 0.895 bits per heavy atom. The van der Waals surface area contributed by atoms with E-state index >= 15 is 0 Å². The van der Waals surface area contributed by atoms with Gasteiger partial charge in [-0.25, -0.2) is 4.98 Å². The molecular weight excluding hydrogens is 236 g/mol. The van der Waals surface area contributed by atoms with Crippen LogP contribution >= 0.6 is 0 Å². The molecule has 1 aromatic carbocycles. The van der Waals surface area contributed by atoms with Gasteiger partial charge in [-0.3, -0.25) is 10.4 Å². The van der Waals surface area contributed by atoms with Gasteiger partial charge in [0.05, 0.1) is 11.7 Å². The molecule has 2 heterocycles. The topological polar surface area (TPSA) is 50.2 Å². The van der Waals surface area contributed by atoms with E-state index in [1.54, 1.807) is 18.6 Å². The first-order chi connectivity index (χ1) is 9.43. The highest BCUT2D eigenvalue weighted by Gasteiger charge is 1.97. The highest BCUT2D eigenvalue weighted by molar-refractivity contribution is 5.98. The number of nitrogens with zero attached hydrogens (tertiary/aromatic N) is 3. The Bertz CT molecular complexity index is 702. The number of anilines is 1. The van der Waals surface area contributed by atoms with E-state index < -0.39 is 0 Å². The highest BCUT2D eigenvalue weighted by Crippen LogP contribution is 2.14. The molecular formula is C15H12N4. The van der Waals surface area contributed by atoms with Gasteiger partial charge in [-0.05, 0) is 24.3 Å². The SMILES string of the molecule is C(=N\Nc1ccccn1)/c1ccnc2ccccc12. The fraction of sp³-hybridized carbons (Fsp3) is 0. The maximum absolute atomic E-state index is 4.31. The molecule has 3 aromatic rings. The van der Waals surface area contributed by atoms with Gasteiger partial charge in [0.2, 0.25) is 0 Å². The lowest BCUT2D eigenvalue weighted by Gasteiger charge is -2.01. The number of hydrogen-bond donors (Lipinski definition) is 1. The fourth-order valence-electron chi connectivity index (χ4n) is 1.83. The molecule has 0 radical (unpaired) electrons. The molecule has 0 spiro atoms. The van der Waals surface area contributed by atoms with Crippen LogP contribution in [0.5, 0.6) is 0 Å². The first kappa shape index (κ1) is 11.3. The number of hydrazone groups is 1. The van der Waals surface area contributed by atoms with E-state index in [4.69, 9.17) is 0 Å². The largest absolute Gasteiger partial charge is 0.261 e. The molecule has 0 saturated heterocycles. The zero-order valence-electron chi connectivity index (χ0n) is 10.2. The van der Waals surface area contributed by atoms with Crippen LogP contribution in [0.1, 0.15) is 5.56 Å². The van der Waals surface area contributed by atoms with Crippen molar-refractivity contribution >= 4 is 22.9 Å². The number of para-hydroxylation sites is 1. The lowest BCUT2D eigenvalue weighted by Crippen LogP contribution is -1.93. The number of rotatable bonds is 3. The summed E-state index contributed by atoms with van der Waals surface area (Å²) in [6.45, 7) is 0. The van der Waals surface area contributed by atoms with Crippen LogP contribution in [-0.2, 0) is 0 Å². The van der Waals surface area contributed by atoms with Gasteiger partial charge >= 0.3 is 0 Å². The molecule has 19 heavy (non-hydrogen) atoms. The minimum Gasteiger partial charge on any atom is -0.261 e. The van der Waals surface area contributed by atoms with E-state index in [-0.39, 0.29) is 0 Å². The first-order valence-electron chi connectivity index (χ1n) is 5.97. The molecule has 0 bridgehead atoms. The predicted octanol–water partition coefficient (Wildman–Crippen LogP) is 3.08. The third kappa shape index (κ3) is 2.57. The summed E-state index contributed by atoms with van der Waals surface area (Å²) in [5.74, 6) is 0.720. The van der Waals surface area contributed by atoms with Gasteiger partial charge in [0.15, 0.2) is 0 Å². The summed E-state index contributed by atoms with van der Waals surface area (Å²) in [6.07, 6.45) is 5.28. The number of hydrogen-bond acceptors (Lipinski definition) is 4. The Labute approximate surface area is 110 Å². The molecule has 2 aromatic heterocycles. The molecule has 0 saturated carbocycles. The van der Waals surface area contributed by atoms with Crippen LogP contribution in [0.15, 0.2) is 66.0 Å². The summed E-state index contributed by atoms with van der Waals surface area (Å²) >= 11 is 0. The van der Waals surface area contributed by atoms with Crippen LogP contribution in [0.25, 0.3) is 10.9 Å². The van der Waals surface area contributed by atoms with Gasteiger partial charge in [0, 0.05) is 23.3 Å². The first-order valence-corrected chi connectivity index (χ1v) is 5.97. The van der Waals surface area contributed by atoms with Crippen LogP contribution < -0.4 is 5.43 Å². The van der Waals surface area contributed by atoms with Crippen LogP contribution in [-0.4, -0.2) is 16.2 Å². The zero-order chi connectivity index (χ0) is 12.9. The van der Waals surface area contributed by atoms with Crippen LogP contribution in [0.2, 0.25) is 0 Å². The van der Waals surface area contributed by atoms with Gasteiger partial charge in [0.25, 0.3) is 0 Å². The van der Waals surface area contributed by atoms with Crippen molar-refractivity contribution in [2.75, 3.05) is 5.43 Å². The summed E-state index contributed by atoms with van der Waals surface area (Å²) in [4.78, 5) is 8.45. The Balaban J connectivity index is 1.85. The molecule has 1 N–H and O–H groups in total. The minimum atomic E-state index is 0.720. The van der Waals surface area contributed by atoms with Crippen molar-refractivity contribution in [3.8, 4) is 0 Å². The predicted molar refractivity (Wildman–Crippen MR) is 77.2 cm³/mol. The second kappa shape index (κ2) is 5.27. The fourth-order valence-corrected chi connectivity index (χ4v) is 1.83. The molecule has 0 fully saturated rings. The lowest BCUT2D eigenvalue weighted by molar-refractivity contribution is 1.23. The van der Waals surface area contributed by atoms with E-state index in [1.807, 2.05) is 48.5 Å². The van der Waals surface area contributed by atoms with Crippen molar-refractivity contribution < 1.29 is 0 Å². The summed E-state index contributed by atoms with van der Waals surface area (Å²) in [7, 11) is 0. The van der Waals surface area contributed by atoms with Crippen molar-refractivity contribution in [2.45, 2.75) is 0 Å². The van der Waals surface area contributed by atoms with Crippen molar-refractivity contribution in [1.82, 2.24) is 9.97 Å². The maximum Gasteiger partial charge on any atom is 0.146 e. The van der Waals surface area contributed by atoms with Crippen molar-refractivity contribution in [2.24, 2.45) is 5.10 Å². The molecule has 0 atom stereocenters. The molecule has 4 heteroatoms. The third-order valence-electron chi connectivity index (χ3n) is 2.73. The van der Waals surface area contributed by atoms with E-state index in [9.17, 15) is 0 Å². The summed E-state index contributed by atoms with van der Waals surface area (Å²) in [5.41, 5.74) is 4.88. The summed E-state index contributed by atoms with van der Waals surface area (Å²) in [5, 5.41) is 5.28. The molecule has 0 aliphatic heterocycles. The summed E-state index contributed by atoms with van der Waals surface area (Å²) < 4.78 is 0. The smallest absolute Gasteiger partial charge is 0.146 e. The lowest BCUT2D eigenvalue weighted by atomic mass is 10.1. The molecule has 92 valence electrons. The number of nitrogens with one attached hydrogen (secondary N) is 1. The van der Waals surface area contributed by atoms with Crippen molar-refractivity contribution in [3.63, 3.8) is 0 Å². The molecule has 0 aliphatic carbocycles. The van der Waals surface area contributed by atoms with Crippen molar-refractivity contribution in [3.05, 3.63) is 66.5 Å². The van der Waals surface area contributed by atoms with Gasteiger partial charge in [-0.1, -0.05) is 24.3 Å². The second-order valence-electron chi connectivity index (χ2n) is 4.00. The molecule has 0 unspecified atom stereocenters. The Morgan fingerprint density at radius 3 is 2.68 bits per heavy atom. The van der Waals surface area contributed by atoms with Crippen LogP contribution in [0.4, 0.5) is 5.82 Å². The number of pyridine rings is 2. The number of aromatic nitrogens is 2. The monoisotopic (exact) mass is 248 g/mol. The molecule has 0 aliphatic rings. The normalized spacial score (nSPS) is 10.9. The molecule has 0 amide bonds. The van der Waals surface area contributed by atoms with Gasteiger partial charge in [-0.15, -0.1) is 0 Å². The number of fused-ring (bicyclic) bond motifs is 1. The van der Waals surface area contributed by atoms with Crippen molar-refractivity contribution in [1.29, 1.82) is 0 Å². The Morgan fingerprint density at radius 2 is 1.79 bits per heavy atom. The average Bonchev–Trinajstić information content (AvgIpc) is 2.49. The van der Waals surface area contributed by atoms with E-state index in [0.29, 0.717) is 0 Å². The van der Waals surface area contributed by atoms with Gasteiger partial charge < -0.3 is 0 Å². The Kier molecular flexibility index (Phi) is 3.14. The molecule has 4 nitrogen and oxygen atoms in total. The zero-order valence-corrected chi connectivity index (χ0v) is 10.2. The maximum atomic E-state index is 4.31. The highest BCUT2D eigenvalue weighted by atomic mass is 15.3. The van der Waals surface area contributed by atoms with E-state index in [0.717, 1.165) is 22.3 Å². The quantitative estimate of drug-likeness (QED) is 0.572. The minimum absolute atomic E-state index is 0.720. The standard InChI is InChI=1S/C15H12N4/c1-2-6-14-13(5-1)12(8-10-16-14)11-18-19-15-7-3-4-9-17-15/h1-11H,(H,17,19)/b18-11+. The Hall–Kier alpha value is -2.75. The third-order valence-corrected chi connectivity index (χ3v) is 2.73. The van der Waals surface area contributed by atoms with Crippen LogP contribution in [0, 0.1) is 0 Å². The second-order valence-corrected chi connectivity index (χ2v) is 4.00. The van der Waals surface area contributed by atoms with E-state index in [2.05, 4.69) is 20.5 Å². The van der Waals surface area contributed by atoms with E-state index in [1.165, 1.54) is 0 Å². The van der Waals surface area contributed by atoms with Crippen LogP contribution in [0.3, 0.4) is 0 Å².